The number of nitrogens with zero attached hydrogens (tertiary/aromatic N) is 3. The van der Waals surface area contributed by atoms with Crippen LogP contribution in [0, 0.1) is 0 Å². The molecule has 0 N–H and O–H groups in total. The van der Waals surface area contributed by atoms with Crippen LogP contribution in [-0.2, 0) is 0 Å². The first-order valence-corrected chi connectivity index (χ1v) is 14.4. The van der Waals surface area contributed by atoms with Crippen molar-refractivity contribution in [3.05, 3.63) is 140 Å². The van der Waals surface area contributed by atoms with E-state index in [-0.39, 0.29) is 0 Å². The Bertz CT molecular complexity index is 2200. The van der Waals surface area contributed by atoms with E-state index < -0.39 is 0 Å². The van der Waals surface area contributed by atoms with Crippen LogP contribution in [0.25, 0.3) is 76.2 Å². The van der Waals surface area contributed by atoms with Gasteiger partial charge >= 0.3 is 0 Å². The van der Waals surface area contributed by atoms with Gasteiger partial charge in [-0.3, -0.25) is 0 Å². The third-order valence-corrected chi connectivity index (χ3v) is 8.61. The maximum Gasteiger partial charge on any atom is 0.164 e. The standard InChI is InChI=1S/C37H23N3S/c1-3-12-25(13-4-1)31-22-29(23-33-34(31)30-17-9-10-18-32(30)41-33)37-39-35(26-14-5-2-6-15-26)38-36(40-37)28-20-19-24-11-7-8-16-27(24)21-28/h1-23H. The molecule has 0 atom stereocenters. The van der Waals surface area contributed by atoms with Crippen LogP contribution in [0.2, 0.25) is 0 Å². The van der Waals surface area contributed by atoms with Crippen LogP contribution >= 0.6 is 11.3 Å². The Morgan fingerprint density at radius 2 is 1.00 bits per heavy atom. The lowest BCUT2D eigenvalue weighted by Gasteiger charge is -2.11. The molecular formula is C37H23N3S. The number of hydrogen-bond acceptors (Lipinski definition) is 4. The smallest absolute Gasteiger partial charge is 0.164 e. The average Bonchev–Trinajstić information content (AvgIpc) is 3.43. The highest BCUT2D eigenvalue weighted by atomic mass is 32.1. The lowest BCUT2D eigenvalue weighted by atomic mass is 9.97. The number of rotatable bonds is 4. The lowest BCUT2D eigenvalue weighted by Crippen LogP contribution is -2.00. The van der Waals surface area contributed by atoms with Crippen LogP contribution in [0.4, 0.5) is 0 Å². The molecule has 0 spiro atoms. The summed E-state index contributed by atoms with van der Waals surface area (Å²) in [5, 5.41) is 4.89. The van der Waals surface area contributed by atoms with Crippen LogP contribution in [0.5, 0.6) is 0 Å². The second kappa shape index (κ2) is 9.77. The van der Waals surface area contributed by atoms with Crippen molar-refractivity contribution < 1.29 is 0 Å². The van der Waals surface area contributed by atoms with Gasteiger partial charge in [-0.25, -0.2) is 15.0 Å². The van der Waals surface area contributed by atoms with Gasteiger partial charge in [0.1, 0.15) is 0 Å². The van der Waals surface area contributed by atoms with Gasteiger partial charge in [0.25, 0.3) is 0 Å². The fourth-order valence-electron chi connectivity index (χ4n) is 5.51. The van der Waals surface area contributed by atoms with Crippen LogP contribution in [0.15, 0.2) is 140 Å². The van der Waals surface area contributed by atoms with Gasteiger partial charge in [-0.2, -0.15) is 0 Å². The van der Waals surface area contributed by atoms with E-state index in [1.807, 2.05) is 41.7 Å². The number of benzene rings is 6. The summed E-state index contributed by atoms with van der Waals surface area (Å²) in [6, 6.07) is 48.6. The Kier molecular flexibility index (Phi) is 5.64. The third kappa shape index (κ3) is 4.26. The van der Waals surface area contributed by atoms with Gasteiger partial charge in [0, 0.05) is 36.9 Å². The SMILES string of the molecule is c1ccc(-c2nc(-c3ccc4ccccc4c3)nc(-c3cc(-c4ccccc4)c4c(c3)sc3ccccc34)n2)cc1. The predicted octanol–water partition coefficient (Wildman–Crippen LogP) is 10.1. The molecule has 3 nitrogen and oxygen atoms in total. The topological polar surface area (TPSA) is 38.7 Å². The molecule has 8 rings (SSSR count). The molecule has 0 aliphatic rings. The summed E-state index contributed by atoms with van der Waals surface area (Å²) in [4.78, 5) is 15.1. The Morgan fingerprint density at radius 3 is 1.78 bits per heavy atom. The van der Waals surface area contributed by atoms with Gasteiger partial charge in [0.15, 0.2) is 17.5 Å². The van der Waals surface area contributed by atoms with Gasteiger partial charge in [0.2, 0.25) is 0 Å². The van der Waals surface area contributed by atoms with E-state index in [1.54, 1.807) is 0 Å². The second-order valence-corrected chi connectivity index (χ2v) is 11.2. The van der Waals surface area contributed by atoms with Crippen LogP contribution < -0.4 is 0 Å². The van der Waals surface area contributed by atoms with Crippen LogP contribution in [0.1, 0.15) is 0 Å². The maximum atomic E-state index is 5.08. The molecule has 0 saturated heterocycles. The van der Waals surface area contributed by atoms with Gasteiger partial charge in [-0.05, 0) is 46.2 Å². The normalized spacial score (nSPS) is 11.4. The average molecular weight is 542 g/mol. The molecule has 0 aliphatic carbocycles. The summed E-state index contributed by atoms with van der Waals surface area (Å²) in [6.07, 6.45) is 0. The van der Waals surface area contributed by atoms with Crippen LogP contribution in [-0.4, -0.2) is 15.0 Å². The first kappa shape index (κ1) is 23.7. The van der Waals surface area contributed by atoms with E-state index in [1.165, 1.54) is 36.7 Å². The zero-order chi connectivity index (χ0) is 27.2. The van der Waals surface area contributed by atoms with E-state index >= 15 is 0 Å². The Hall–Kier alpha value is -5.19. The summed E-state index contributed by atoms with van der Waals surface area (Å²) in [5.74, 6) is 1.99. The van der Waals surface area contributed by atoms with E-state index in [9.17, 15) is 0 Å². The zero-order valence-electron chi connectivity index (χ0n) is 22.0. The first-order chi connectivity index (χ1) is 20.3. The molecule has 0 radical (unpaired) electrons. The summed E-state index contributed by atoms with van der Waals surface area (Å²) in [6.45, 7) is 0. The number of fused-ring (bicyclic) bond motifs is 4. The third-order valence-electron chi connectivity index (χ3n) is 7.50. The van der Waals surface area contributed by atoms with Crippen molar-refractivity contribution in [3.8, 4) is 45.3 Å². The fourth-order valence-corrected chi connectivity index (χ4v) is 6.68. The van der Waals surface area contributed by atoms with Crippen molar-refractivity contribution in [2.45, 2.75) is 0 Å². The first-order valence-electron chi connectivity index (χ1n) is 13.6. The molecule has 4 heteroatoms. The molecule has 6 aromatic carbocycles. The van der Waals surface area contributed by atoms with E-state index in [4.69, 9.17) is 15.0 Å². The summed E-state index contributed by atoms with van der Waals surface area (Å²) in [5.41, 5.74) is 5.27. The largest absolute Gasteiger partial charge is 0.208 e. The van der Waals surface area contributed by atoms with Crippen molar-refractivity contribution in [3.63, 3.8) is 0 Å². The molecule has 0 unspecified atom stereocenters. The molecule has 192 valence electrons. The maximum absolute atomic E-state index is 5.08. The lowest BCUT2D eigenvalue weighted by molar-refractivity contribution is 1.08. The minimum atomic E-state index is 0.663. The van der Waals surface area contributed by atoms with Crippen molar-refractivity contribution in [2.75, 3.05) is 0 Å². The van der Waals surface area contributed by atoms with Crippen molar-refractivity contribution >= 4 is 42.3 Å². The summed E-state index contributed by atoms with van der Waals surface area (Å²) >= 11 is 1.81. The number of aromatic nitrogens is 3. The van der Waals surface area contributed by atoms with E-state index in [2.05, 4.69) is 109 Å². The number of hydrogen-bond donors (Lipinski definition) is 0. The van der Waals surface area contributed by atoms with Crippen molar-refractivity contribution in [1.29, 1.82) is 0 Å². The quantitative estimate of drug-likeness (QED) is 0.222. The minimum Gasteiger partial charge on any atom is -0.208 e. The molecule has 2 aromatic heterocycles. The molecule has 0 aliphatic heterocycles. The summed E-state index contributed by atoms with van der Waals surface area (Å²) in [7, 11) is 0. The fraction of sp³-hybridized carbons (Fsp3) is 0. The van der Waals surface area contributed by atoms with Gasteiger partial charge in [-0.1, -0.05) is 115 Å². The monoisotopic (exact) mass is 541 g/mol. The molecule has 41 heavy (non-hydrogen) atoms. The highest BCUT2D eigenvalue weighted by molar-refractivity contribution is 7.26. The predicted molar refractivity (Wildman–Crippen MR) is 172 cm³/mol. The minimum absolute atomic E-state index is 0.663. The Labute approximate surface area is 241 Å². The van der Waals surface area contributed by atoms with Gasteiger partial charge < -0.3 is 0 Å². The Morgan fingerprint density at radius 1 is 0.390 bits per heavy atom. The highest BCUT2D eigenvalue weighted by Crippen LogP contribution is 2.42. The highest BCUT2D eigenvalue weighted by Gasteiger charge is 2.17. The van der Waals surface area contributed by atoms with E-state index in [0.29, 0.717) is 17.5 Å². The second-order valence-electron chi connectivity index (χ2n) is 10.1. The van der Waals surface area contributed by atoms with Gasteiger partial charge in [-0.15, -0.1) is 11.3 Å². The molecule has 0 amide bonds. The van der Waals surface area contributed by atoms with Crippen molar-refractivity contribution in [2.24, 2.45) is 0 Å². The molecule has 0 saturated carbocycles. The summed E-state index contributed by atoms with van der Waals surface area (Å²) < 4.78 is 2.49. The van der Waals surface area contributed by atoms with Crippen LogP contribution in [0.3, 0.4) is 0 Å². The van der Waals surface area contributed by atoms with Gasteiger partial charge in [0.05, 0.1) is 0 Å². The molecule has 2 heterocycles. The Balaban J connectivity index is 1.39. The molecular weight excluding hydrogens is 518 g/mol. The molecule has 8 aromatic rings. The zero-order valence-corrected chi connectivity index (χ0v) is 22.8. The molecule has 0 fully saturated rings. The van der Waals surface area contributed by atoms with Crippen molar-refractivity contribution in [1.82, 2.24) is 15.0 Å². The molecule has 0 bridgehead atoms. The number of thiophene rings is 1. The van der Waals surface area contributed by atoms with E-state index in [0.717, 1.165) is 22.1 Å².